The molecule has 5 heteroatoms. The van der Waals surface area contributed by atoms with Gasteiger partial charge < -0.3 is 5.32 Å². The van der Waals surface area contributed by atoms with Gasteiger partial charge in [-0.1, -0.05) is 13.3 Å². The molecule has 1 aromatic rings. The standard InChI is InChI=1S/C12H15FN2O2/c1-8-3-2-4-11(8)14-12-6-5-9(15(16)17)7-10(12)13/h5-8,11,14H,2-4H2,1H3. The summed E-state index contributed by atoms with van der Waals surface area (Å²) < 4.78 is 13.6. The van der Waals surface area contributed by atoms with Crippen LogP contribution in [0.3, 0.4) is 0 Å². The molecule has 1 aromatic carbocycles. The molecule has 1 saturated carbocycles. The van der Waals surface area contributed by atoms with Gasteiger partial charge in [0.25, 0.3) is 5.69 Å². The second-order valence-corrected chi connectivity index (χ2v) is 4.58. The van der Waals surface area contributed by atoms with E-state index in [0.717, 1.165) is 25.3 Å². The van der Waals surface area contributed by atoms with E-state index in [9.17, 15) is 14.5 Å². The third-order valence-corrected chi connectivity index (χ3v) is 3.37. The van der Waals surface area contributed by atoms with Crippen molar-refractivity contribution in [2.75, 3.05) is 5.32 Å². The molecule has 17 heavy (non-hydrogen) atoms. The van der Waals surface area contributed by atoms with Gasteiger partial charge in [-0.25, -0.2) is 4.39 Å². The number of nitrogens with one attached hydrogen (secondary N) is 1. The van der Waals surface area contributed by atoms with Crippen LogP contribution in [-0.2, 0) is 0 Å². The van der Waals surface area contributed by atoms with E-state index >= 15 is 0 Å². The topological polar surface area (TPSA) is 55.2 Å². The molecule has 1 N–H and O–H groups in total. The average Bonchev–Trinajstić information content (AvgIpc) is 2.67. The van der Waals surface area contributed by atoms with Crippen LogP contribution in [0.5, 0.6) is 0 Å². The van der Waals surface area contributed by atoms with Crippen molar-refractivity contribution in [3.63, 3.8) is 0 Å². The number of rotatable bonds is 3. The summed E-state index contributed by atoms with van der Waals surface area (Å²) in [5.74, 6) is -0.0390. The molecule has 0 radical (unpaired) electrons. The van der Waals surface area contributed by atoms with Gasteiger partial charge in [0.1, 0.15) is 0 Å². The Kier molecular flexibility index (Phi) is 3.26. The molecular weight excluding hydrogens is 223 g/mol. The van der Waals surface area contributed by atoms with Crippen molar-refractivity contribution < 1.29 is 9.31 Å². The number of nitro benzene ring substituents is 1. The zero-order valence-corrected chi connectivity index (χ0v) is 9.65. The summed E-state index contributed by atoms with van der Waals surface area (Å²) in [5.41, 5.74) is 0.141. The Labute approximate surface area is 99.0 Å². The van der Waals surface area contributed by atoms with E-state index in [1.807, 2.05) is 0 Å². The number of benzene rings is 1. The van der Waals surface area contributed by atoms with Gasteiger partial charge in [0.15, 0.2) is 5.82 Å². The maximum absolute atomic E-state index is 13.6. The minimum Gasteiger partial charge on any atom is -0.380 e. The highest BCUT2D eigenvalue weighted by molar-refractivity contribution is 5.50. The number of non-ortho nitro benzene ring substituents is 1. The molecule has 2 atom stereocenters. The fourth-order valence-electron chi connectivity index (χ4n) is 2.29. The van der Waals surface area contributed by atoms with Gasteiger partial charge in [-0.05, 0) is 24.8 Å². The first-order valence-corrected chi connectivity index (χ1v) is 5.78. The van der Waals surface area contributed by atoms with Crippen LogP contribution in [-0.4, -0.2) is 11.0 Å². The fraction of sp³-hybridized carbons (Fsp3) is 0.500. The lowest BCUT2D eigenvalue weighted by Gasteiger charge is -2.18. The predicted molar refractivity (Wildman–Crippen MR) is 63.5 cm³/mol. The van der Waals surface area contributed by atoms with E-state index < -0.39 is 10.7 Å². The third-order valence-electron chi connectivity index (χ3n) is 3.37. The Balaban J connectivity index is 2.14. The molecule has 0 bridgehead atoms. The summed E-state index contributed by atoms with van der Waals surface area (Å²) >= 11 is 0. The first-order chi connectivity index (χ1) is 8.08. The molecule has 1 aliphatic carbocycles. The van der Waals surface area contributed by atoms with Crippen LogP contribution in [0, 0.1) is 21.8 Å². The number of nitro groups is 1. The zero-order valence-electron chi connectivity index (χ0n) is 9.65. The van der Waals surface area contributed by atoms with Crippen LogP contribution in [0.25, 0.3) is 0 Å². The van der Waals surface area contributed by atoms with E-state index in [1.165, 1.54) is 12.1 Å². The third kappa shape index (κ3) is 2.54. The molecule has 1 fully saturated rings. The first kappa shape index (κ1) is 11.8. The van der Waals surface area contributed by atoms with Gasteiger partial charge in [0.05, 0.1) is 16.7 Å². The number of hydrogen-bond acceptors (Lipinski definition) is 3. The quantitative estimate of drug-likeness (QED) is 0.649. The largest absolute Gasteiger partial charge is 0.380 e. The lowest BCUT2D eigenvalue weighted by molar-refractivity contribution is -0.385. The van der Waals surface area contributed by atoms with Gasteiger partial charge in [-0.3, -0.25) is 10.1 Å². The number of anilines is 1. The van der Waals surface area contributed by atoms with E-state index in [2.05, 4.69) is 12.2 Å². The van der Waals surface area contributed by atoms with Crippen molar-refractivity contribution in [1.82, 2.24) is 0 Å². The van der Waals surface area contributed by atoms with Crippen molar-refractivity contribution in [1.29, 1.82) is 0 Å². The maximum atomic E-state index is 13.6. The van der Waals surface area contributed by atoms with Crippen LogP contribution < -0.4 is 5.32 Å². The maximum Gasteiger partial charge on any atom is 0.272 e. The van der Waals surface area contributed by atoms with Crippen molar-refractivity contribution >= 4 is 11.4 Å². The molecule has 1 aliphatic rings. The molecule has 2 unspecified atom stereocenters. The number of hydrogen-bond donors (Lipinski definition) is 1. The average molecular weight is 238 g/mol. The molecule has 2 rings (SSSR count). The Bertz CT molecular complexity index is 437. The Morgan fingerprint density at radius 1 is 1.47 bits per heavy atom. The summed E-state index contributed by atoms with van der Waals surface area (Å²) in [4.78, 5) is 9.89. The van der Waals surface area contributed by atoms with Crippen molar-refractivity contribution in [2.45, 2.75) is 32.2 Å². The second kappa shape index (κ2) is 4.69. The molecule has 0 heterocycles. The minimum atomic E-state index is -0.592. The normalized spacial score (nSPS) is 23.6. The fourth-order valence-corrected chi connectivity index (χ4v) is 2.29. The Morgan fingerprint density at radius 2 is 2.24 bits per heavy atom. The second-order valence-electron chi connectivity index (χ2n) is 4.58. The highest BCUT2D eigenvalue weighted by Gasteiger charge is 2.24. The van der Waals surface area contributed by atoms with E-state index in [4.69, 9.17) is 0 Å². The lowest BCUT2D eigenvalue weighted by atomic mass is 10.1. The van der Waals surface area contributed by atoms with Crippen molar-refractivity contribution in [3.05, 3.63) is 34.1 Å². The van der Waals surface area contributed by atoms with Crippen LogP contribution in [0.4, 0.5) is 15.8 Å². The molecule has 0 saturated heterocycles. The molecule has 0 spiro atoms. The molecule has 4 nitrogen and oxygen atoms in total. The monoisotopic (exact) mass is 238 g/mol. The number of halogens is 1. The summed E-state index contributed by atoms with van der Waals surface area (Å²) in [6, 6.07) is 4.00. The molecule has 0 amide bonds. The molecule has 0 aromatic heterocycles. The highest BCUT2D eigenvalue weighted by Crippen LogP contribution is 2.29. The van der Waals surface area contributed by atoms with E-state index in [-0.39, 0.29) is 11.7 Å². The predicted octanol–water partition coefficient (Wildman–Crippen LogP) is 3.33. The van der Waals surface area contributed by atoms with Crippen LogP contribution in [0.1, 0.15) is 26.2 Å². The Hall–Kier alpha value is -1.65. The van der Waals surface area contributed by atoms with Gasteiger partial charge in [0, 0.05) is 12.1 Å². The van der Waals surface area contributed by atoms with Crippen molar-refractivity contribution in [2.24, 2.45) is 5.92 Å². The summed E-state index contributed by atoms with van der Waals surface area (Å²) in [6.07, 6.45) is 3.32. The summed E-state index contributed by atoms with van der Waals surface area (Å²) in [5, 5.41) is 13.6. The van der Waals surface area contributed by atoms with Crippen molar-refractivity contribution in [3.8, 4) is 0 Å². The SMILES string of the molecule is CC1CCCC1Nc1ccc([N+](=O)[O-])cc1F. The summed E-state index contributed by atoms with van der Waals surface area (Å²) in [7, 11) is 0. The van der Waals surface area contributed by atoms with Gasteiger partial charge in [-0.15, -0.1) is 0 Å². The lowest BCUT2D eigenvalue weighted by Crippen LogP contribution is -2.22. The summed E-state index contributed by atoms with van der Waals surface area (Å²) in [6.45, 7) is 2.13. The molecule has 92 valence electrons. The smallest absolute Gasteiger partial charge is 0.272 e. The highest BCUT2D eigenvalue weighted by atomic mass is 19.1. The van der Waals surface area contributed by atoms with Crippen LogP contribution in [0.2, 0.25) is 0 Å². The minimum absolute atomic E-state index is 0.215. The Morgan fingerprint density at radius 3 is 2.76 bits per heavy atom. The molecule has 0 aliphatic heterocycles. The number of nitrogens with zero attached hydrogens (tertiary/aromatic N) is 1. The molecular formula is C12H15FN2O2. The van der Waals surface area contributed by atoms with Gasteiger partial charge in [0.2, 0.25) is 0 Å². The van der Waals surface area contributed by atoms with Crippen LogP contribution in [0.15, 0.2) is 18.2 Å². The zero-order chi connectivity index (χ0) is 12.4. The van der Waals surface area contributed by atoms with E-state index in [0.29, 0.717) is 11.6 Å². The van der Waals surface area contributed by atoms with Crippen LogP contribution >= 0.6 is 0 Å². The van der Waals surface area contributed by atoms with E-state index in [1.54, 1.807) is 0 Å². The van der Waals surface area contributed by atoms with Gasteiger partial charge >= 0.3 is 0 Å². The van der Waals surface area contributed by atoms with Gasteiger partial charge in [-0.2, -0.15) is 0 Å². The first-order valence-electron chi connectivity index (χ1n) is 5.78.